The van der Waals surface area contributed by atoms with E-state index in [-0.39, 0.29) is 19.1 Å². The number of anilines is 1. The first kappa shape index (κ1) is 23.5. The van der Waals surface area contributed by atoms with E-state index in [1.165, 1.54) is 4.31 Å². The van der Waals surface area contributed by atoms with Crippen LogP contribution in [-0.4, -0.2) is 46.9 Å². The summed E-state index contributed by atoms with van der Waals surface area (Å²) in [7, 11) is -2.08. The quantitative estimate of drug-likeness (QED) is 0.581. The van der Waals surface area contributed by atoms with Gasteiger partial charge >= 0.3 is 0 Å². The molecule has 0 aliphatic heterocycles. The van der Waals surface area contributed by atoms with Crippen LogP contribution < -0.4 is 19.1 Å². The Hall–Kier alpha value is -2.74. The van der Waals surface area contributed by atoms with Crippen molar-refractivity contribution in [1.29, 1.82) is 0 Å². The molecule has 0 unspecified atom stereocenters. The molecule has 0 saturated heterocycles. The maximum Gasteiger partial charge on any atom is 0.244 e. The van der Waals surface area contributed by atoms with Crippen molar-refractivity contribution >= 4 is 21.6 Å². The zero-order chi connectivity index (χ0) is 22.3. The van der Waals surface area contributed by atoms with Crippen LogP contribution in [0.25, 0.3) is 0 Å². The summed E-state index contributed by atoms with van der Waals surface area (Å²) in [5, 5.41) is 2.78. The summed E-state index contributed by atoms with van der Waals surface area (Å²) < 4.78 is 37.0. The van der Waals surface area contributed by atoms with E-state index >= 15 is 0 Å². The van der Waals surface area contributed by atoms with E-state index in [0.29, 0.717) is 23.6 Å². The van der Waals surface area contributed by atoms with Crippen LogP contribution in [0.1, 0.15) is 24.5 Å². The molecule has 2 rings (SSSR count). The minimum atomic E-state index is -3.66. The van der Waals surface area contributed by atoms with Gasteiger partial charge in [-0.3, -0.25) is 9.10 Å². The molecule has 30 heavy (non-hydrogen) atoms. The number of nitrogens with one attached hydrogen (secondary N) is 1. The van der Waals surface area contributed by atoms with Crippen LogP contribution in [0.3, 0.4) is 0 Å². The lowest BCUT2D eigenvalue weighted by Gasteiger charge is -2.30. The second-order valence-corrected chi connectivity index (χ2v) is 8.93. The molecular formula is C22H30N2O5S. The Bertz CT molecular complexity index is 975. The van der Waals surface area contributed by atoms with Crippen LogP contribution >= 0.6 is 0 Å². The second kappa shape index (κ2) is 10.3. The van der Waals surface area contributed by atoms with Gasteiger partial charge in [-0.05, 0) is 55.7 Å². The fourth-order valence-electron chi connectivity index (χ4n) is 3.07. The average molecular weight is 435 g/mol. The zero-order valence-corrected chi connectivity index (χ0v) is 19.0. The zero-order valence-electron chi connectivity index (χ0n) is 18.1. The molecule has 0 aliphatic rings. The van der Waals surface area contributed by atoms with Gasteiger partial charge < -0.3 is 14.8 Å². The van der Waals surface area contributed by atoms with Crippen molar-refractivity contribution in [2.45, 2.75) is 33.2 Å². The molecule has 0 spiro atoms. The van der Waals surface area contributed by atoms with Gasteiger partial charge in [0.25, 0.3) is 0 Å². The molecule has 0 fully saturated rings. The maximum atomic E-state index is 12.8. The third-order valence-electron chi connectivity index (χ3n) is 4.79. The number of benzene rings is 2. The Kier molecular flexibility index (Phi) is 8.11. The summed E-state index contributed by atoms with van der Waals surface area (Å²) >= 11 is 0. The molecule has 0 aromatic heterocycles. The highest BCUT2D eigenvalue weighted by molar-refractivity contribution is 7.92. The highest BCUT2D eigenvalue weighted by Gasteiger charge is 2.31. The van der Waals surface area contributed by atoms with Crippen molar-refractivity contribution in [1.82, 2.24) is 5.32 Å². The van der Waals surface area contributed by atoms with Crippen molar-refractivity contribution < 1.29 is 22.7 Å². The molecule has 0 bridgehead atoms. The summed E-state index contributed by atoms with van der Waals surface area (Å²) in [5.41, 5.74) is 2.50. The number of carbonyl (C=O) groups is 1. The maximum absolute atomic E-state index is 12.8. The number of nitrogens with zero attached hydrogens (tertiary/aromatic N) is 1. The van der Waals surface area contributed by atoms with Crippen molar-refractivity contribution in [2.24, 2.45) is 0 Å². The number of rotatable bonds is 10. The van der Waals surface area contributed by atoms with Crippen molar-refractivity contribution in [3.05, 3.63) is 53.6 Å². The molecule has 0 radical (unpaired) electrons. The van der Waals surface area contributed by atoms with Gasteiger partial charge in [-0.15, -0.1) is 0 Å². The predicted molar refractivity (Wildman–Crippen MR) is 119 cm³/mol. The Morgan fingerprint density at radius 1 is 1.10 bits per heavy atom. The number of ether oxygens (including phenoxy) is 2. The molecule has 1 N–H and O–H groups in total. The van der Waals surface area contributed by atoms with E-state index in [2.05, 4.69) is 5.32 Å². The number of methoxy groups -OCH3 is 1. The van der Waals surface area contributed by atoms with Crippen LogP contribution in [0.5, 0.6) is 11.5 Å². The Morgan fingerprint density at radius 2 is 1.80 bits per heavy atom. The number of hydrogen-bond acceptors (Lipinski definition) is 5. The lowest BCUT2D eigenvalue weighted by molar-refractivity contribution is -0.122. The van der Waals surface area contributed by atoms with Gasteiger partial charge in [0.05, 0.1) is 25.6 Å². The summed E-state index contributed by atoms with van der Waals surface area (Å²) in [6, 6.07) is 11.7. The van der Waals surface area contributed by atoms with Gasteiger partial charge in [-0.25, -0.2) is 8.42 Å². The molecule has 8 heteroatoms. The molecule has 2 aromatic carbocycles. The number of hydrogen-bond donors (Lipinski definition) is 1. The smallest absolute Gasteiger partial charge is 0.244 e. The van der Waals surface area contributed by atoms with Crippen LogP contribution in [0.15, 0.2) is 42.5 Å². The van der Waals surface area contributed by atoms with Gasteiger partial charge in [0.1, 0.15) is 24.1 Å². The van der Waals surface area contributed by atoms with Crippen molar-refractivity contribution in [3.63, 3.8) is 0 Å². The topological polar surface area (TPSA) is 84.9 Å². The fraction of sp³-hybridized carbons (Fsp3) is 0.409. The molecule has 0 aliphatic carbocycles. The summed E-state index contributed by atoms with van der Waals surface area (Å²) in [5.74, 6) is 0.943. The van der Waals surface area contributed by atoms with Gasteiger partial charge in [-0.1, -0.05) is 19.1 Å². The number of sulfonamides is 1. The third-order valence-corrected chi connectivity index (χ3v) is 5.97. The van der Waals surface area contributed by atoms with Crippen molar-refractivity contribution in [3.8, 4) is 11.5 Å². The monoisotopic (exact) mass is 434 g/mol. The first-order valence-electron chi connectivity index (χ1n) is 9.78. The average Bonchev–Trinajstić information content (AvgIpc) is 2.70. The molecule has 164 valence electrons. The number of carbonyl (C=O) groups excluding carboxylic acids is 1. The summed E-state index contributed by atoms with van der Waals surface area (Å²) in [6.07, 6.45) is 1.45. The summed E-state index contributed by atoms with van der Waals surface area (Å²) in [4.78, 5) is 12.8. The van der Waals surface area contributed by atoms with Gasteiger partial charge in [-0.2, -0.15) is 0 Å². The van der Waals surface area contributed by atoms with Crippen LogP contribution in [0.2, 0.25) is 0 Å². The molecule has 7 nitrogen and oxygen atoms in total. The number of amides is 1. The third kappa shape index (κ3) is 6.13. The minimum absolute atomic E-state index is 0.247. The minimum Gasteiger partial charge on any atom is -0.497 e. The Balaban J connectivity index is 2.07. The van der Waals surface area contributed by atoms with E-state index in [0.717, 1.165) is 17.4 Å². The molecule has 1 amide bonds. The Labute approximate surface area is 179 Å². The van der Waals surface area contributed by atoms with E-state index in [1.54, 1.807) is 38.3 Å². The van der Waals surface area contributed by atoms with Crippen LogP contribution in [0.4, 0.5) is 5.69 Å². The molecule has 2 aromatic rings. The molecule has 1 atom stereocenters. The Morgan fingerprint density at radius 3 is 2.40 bits per heavy atom. The normalized spacial score (nSPS) is 12.2. The highest BCUT2D eigenvalue weighted by Crippen LogP contribution is 2.25. The molecule has 0 saturated carbocycles. The van der Waals surface area contributed by atoms with E-state index in [9.17, 15) is 13.2 Å². The van der Waals surface area contributed by atoms with Crippen LogP contribution in [0, 0.1) is 13.8 Å². The lowest BCUT2D eigenvalue weighted by atomic mass is 10.1. The van der Waals surface area contributed by atoms with E-state index < -0.39 is 16.1 Å². The lowest BCUT2D eigenvalue weighted by Crippen LogP contribution is -2.50. The second-order valence-electron chi connectivity index (χ2n) is 7.07. The van der Waals surface area contributed by atoms with E-state index in [1.807, 2.05) is 32.0 Å². The van der Waals surface area contributed by atoms with Crippen molar-refractivity contribution in [2.75, 3.05) is 30.8 Å². The first-order valence-corrected chi connectivity index (χ1v) is 11.6. The molecule has 0 heterocycles. The fourth-order valence-corrected chi connectivity index (χ4v) is 4.28. The van der Waals surface area contributed by atoms with Gasteiger partial charge in [0, 0.05) is 6.07 Å². The molecular weight excluding hydrogens is 404 g/mol. The highest BCUT2D eigenvalue weighted by atomic mass is 32.2. The standard InChI is InChI=1S/C22H30N2O5S/c1-6-21(24(30(5,26)27)18-11-10-16(2)17(3)14-18)22(25)23-12-13-29-20-9-7-8-19(15-20)28-4/h7-11,14-15,21H,6,12-13H2,1-5H3,(H,23,25)/t21-/m1/s1. The van der Waals surface area contributed by atoms with Gasteiger partial charge in [0.15, 0.2) is 0 Å². The largest absolute Gasteiger partial charge is 0.497 e. The summed E-state index contributed by atoms with van der Waals surface area (Å²) in [6.45, 7) is 6.15. The first-order chi connectivity index (χ1) is 14.2. The van der Waals surface area contributed by atoms with E-state index in [4.69, 9.17) is 9.47 Å². The SMILES string of the molecule is CC[C@H](C(=O)NCCOc1cccc(OC)c1)N(c1ccc(C)c(C)c1)S(C)(=O)=O. The predicted octanol–water partition coefficient (Wildman–Crippen LogP) is 3.05. The number of aryl methyl sites for hydroxylation is 2. The van der Waals surface area contributed by atoms with Gasteiger partial charge in [0.2, 0.25) is 15.9 Å². The van der Waals surface area contributed by atoms with Crippen LogP contribution in [-0.2, 0) is 14.8 Å².